The summed E-state index contributed by atoms with van der Waals surface area (Å²) in [5, 5.41) is 14.4. The van der Waals surface area contributed by atoms with E-state index in [4.69, 9.17) is 9.47 Å². The van der Waals surface area contributed by atoms with Gasteiger partial charge < -0.3 is 29.8 Å². The summed E-state index contributed by atoms with van der Waals surface area (Å²) in [6.45, 7) is 8.46. The van der Waals surface area contributed by atoms with E-state index in [2.05, 4.69) is 10.6 Å². The van der Waals surface area contributed by atoms with Crippen molar-refractivity contribution < 1.29 is 41.7 Å². The van der Waals surface area contributed by atoms with E-state index >= 15 is 4.39 Å². The fourth-order valence-corrected chi connectivity index (χ4v) is 5.19. The molecule has 3 aromatic rings. The van der Waals surface area contributed by atoms with E-state index in [-0.39, 0.29) is 54.4 Å². The topological polar surface area (TPSA) is 141 Å². The average Bonchev–Trinajstić information content (AvgIpc) is 3.02. The largest absolute Gasteiger partial charge is 0.486 e. The molecule has 15 heteroatoms. The molecule has 0 radical (unpaired) electrons. The zero-order valence-electron chi connectivity index (χ0n) is 27.1. The van der Waals surface area contributed by atoms with Crippen LogP contribution in [-0.4, -0.2) is 57.6 Å². The highest BCUT2D eigenvalue weighted by atomic mass is 19.4. The molecule has 2 heterocycles. The smallest absolute Gasteiger partial charge is 0.408 e. The van der Waals surface area contributed by atoms with E-state index in [1.54, 1.807) is 6.92 Å². The Kier molecular flexibility index (Phi) is 11.5. The summed E-state index contributed by atoms with van der Waals surface area (Å²) < 4.78 is 68.5. The summed E-state index contributed by atoms with van der Waals surface area (Å²) in [5.41, 5.74) is -0.645. The molecule has 2 atom stereocenters. The Hall–Kier alpha value is -4.82. The number of carboxylic acid groups (broad SMARTS) is 1. The van der Waals surface area contributed by atoms with Gasteiger partial charge in [-0.15, -0.1) is 0 Å². The number of ether oxygens (including phenoxy) is 2. The molecular weight excluding hydrogens is 628 g/mol. The summed E-state index contributed by atoms with van der Waals surface area (Å²) in [7, 11) is 2.85. The number of rotatable bonds is 9. The minimum atomic E-state index is -4.58. The third kappa shape index (κ3) is 7.60. The van der Waals surface area contributed by atoms with Crippen molar-refractivity contribution in [3.63, 3.8) is 0 Å². The Balaban J connectivity index is 0.00000294. The predicted octanol–water partition coefficient (Wildman–Crippen LogP) is 4.48. The first-order valence-electron chi connectivity index (χ1n) is 14.9. The van der Waals surface area contributed by atoms with E-state index in [9.17, 15) is 37.5 Å². The molecule has 1 amide bonds. The van der Waals surface area contributed by atoms with Gasteiger partial charge in [0.2, 0.25) is 0 Å². The van der Waals surface area contributed by atoms with Crippen LogP contribution in [0.5, 0.6) is 11.5 Å². The lowest BCUT2D eigenvalue weighted by atomic mass is 9.97. The molecule has 4 rings (SSSR count). The van der Waals surface area contributed by atoms with Gasteiger partial charge in [0.05, 0.1) is 11.1 Å². The Morgan fingerprint density at radius 3 is 2.19 bits per heavy atom. The first kappa shape index (κ1) is 36.6. The minimum absolute atomic E-state index is 0.0103. The predicted molar refractivity (Wildman–Crippen MR) is 167 cm³/mol. The number of aromatic nitrogens is 2. The number of amides is 1. The number of fused-ring (bicyclic) bond motifs is 1. The highest BCUT2D eigenvalue weighted by Crippen LogP contribution is 2.42. The van der Waals surface area contributed by atoms with Crippen LogP contribution in [0.25, 0.3) is 11.1 Å². The standard InChI is InChI=1S/C30H32F4N4O7.C2H6/c1-6-21(30(32,33)34)35-17-11-14(2)22(19(31)13-17)26(39)36-20(28(41)42)12-16-7-8-18(25-24(16)44-9-10-45-25)23-15(3)37(4)29(43)38(5)27(23)40;1-2/h7-8,11,13,20-21,35H,6,9-10,12H2,1-5H3,(H,36,39)(H,41,42);1-2H3/t20-,21+;/m0./s1. The Morgan fingerprint density at radius 2 is 1.64 bits per heavy atom. The molecule has 2 aromatic carbocycles. The van der Waals surface area contributed by atoms with Crippen molar-refractivity contribution >= 4 is 17.6 Å². The van der Waals surface area contributed by atoms with Crippen molar-refractivity contribution in [2.45, 2.75) is 65.7 Å². The first-order chi connectivity index (χ1) is 22.1. The quantitative estimate of drug-likeness (QED) is 0.284. The molecule has 0 saturated heterocycles. The molecule has 1 aliphatic rings. The molecule has 256 valence electrons. The lowest BCUT2D eigenvalue weighted by Gasteiger charge is -2.26. The van der Waals surface area contributed by atoms with Crippen molar-refractivity contribution in [2.75, 3.05) is 18.5 Å². The number of halogens is 4. The minimum Gasteiger partial charge on any atom is -0.486 e. The summed E-state index contributed by atoms with van der Waals surface area (Å²) >= 11 is 0. The third-order valence-corrected chi connectivity index (χ3v) is 7.68. The number of aliphatic carboxylic acids is 1. The molecule has 3 N–H and O–H groups in total. The van der Waals surface area contributed by atoms with Gasteiger partial charge in [0.1, 0.15) is 31.1 Å². The molecule has 11 nitrogen and oxygen atoms in total. The lowest BCUT2D eigenvalue weighted by molar-refractivity contribution is -0.143. The molecule has 0 fully saturated rings. The van der Waals surface area contributed by atoms with Gasteiger partial charge in [0.25, 0.3) is 11.5 Å². The lowest BCUT2D eigenvalue weighted by Crippen LogP contribution is -2.43. The highest BCUT2D eigenvalue weighted by Gasteiger charge is 2.38. The zero-order valence-corrected chi connectivity index (χ0v) is 27.1. The number of nitrogens with one attached hydrogen (secondary N) is 2. The van der Waals surface area contributed by atoms with E-state index in [0.717, 1.165) is 10.6 Å². The summed E-state index contributed by atoms with van der Waals surface area (Å²) in [6, 6.07) is 1.43. The second-order valence-electron chi connectivity index (χ2n) is 10.7. The van der Waals surface area contributed by atoms with Gasteiger partial charge in [-0.2, -0.15) is 13.2 Å². The Bertz CT molecular complexity index is 1760. The van der Waals surface area contributed by atoms with Gasteiger partial charge in [-0.05, 0) is 44.0 Å². The van der Waals surface area contributed by atoms with Crippen LogP contribution in [0.3, 0.4) is 0 Å². The molecule has 0 saturated carbocycles. The molecule has 1 aromatic heterocycles. The number of carboxylic acids is 1. The Labute approximate surface area is 268 Å². The fourth-order valence-electron chi connectivity index (χ4n) is 5.19. The normalized spacial score (nSPS) is 13.6. The van der Waals surface area contributed by atoms with Crippen molar-refractivity contribution in [1.82, 2.24) is 14.5 Å². The first-order valence-corrected chi connectivity index (χ1v) is 14.9. The average molecular weight is 667 g/mol. The number of benzene rings is 2. The number of nitrogens with zero attached hydrogens (tertiary/aromatic N) is 2. The maximum Gasteiger partial charge on any atom is 0.408 e. The number of alkyl halides is 3. The molecule has 0 unspecified atom stereocenters. The number of carbonyl (C=O) groups is 2. The van der Waals surface area contributed by atoms with E-state index in [1.165, 1.54) is 50.7 Å². The van der Waals surface area contributed by atoms with Crippen molar-refractivity contribution in [2.24, 2.45) is 14.1 Å². The second-order valence-corrected chi connectivity index (χ2v) is 10.7. The van der Waals surface area contributed by atoms with E-state index < -0.39 is 52.8 Å². The molecule has 1 aliphatic heterocycles. The van der Waals surface area contributed by atoms with Crippen LogP contribution in [0.4, 0.5) is 23.2 Å². The molecular formula is C32H38F4N4O7. The monoisotopic (exact) mass is 666 g/mol. The summed E-state index contributed by atoms with van der Waals surface area (Å²) in [4.78, 5) is 50.8. The van der Waals surface area contributed by atoms with Crippen LogP contribution >= 0.6 is 0 Å². The van der Waals surface area contributed by atoms with Crippen molar-refractivity contribution in [1.29, 1.82) is 0 Å². The number of anilines is 1. The third-order valence-electron chi connectivity index (χ3n) is 7.68. The molecule has 0 aliphatic carbocycles. The van der Waals surface area contributed by atoms with Crippen LogP contribution in [0.15, 0.2) is 33.9 Å². The van der Waals surface area contributed by atoms with Crippen LogP contribution < -0.4 is 31.4 Å². The zero-order chi connectivity index (χ0) is 35.4. The summed E-state index contributed by atoms with van der Waals surface area (Å²) in [5.74, 6) is -3.37. The highest BCUT2D eigenvalue weighted by molar-refractivity contribution is 5.98. The maximum absolute atomic E-state index is 15.1. The SMILES string of the molecule is CC.CC[C@@H](Nc1cc(C)c(C(=O)N[C@@H](Cc2ccc(-c3c(C)n(C)c(=O)n(C)c3=O)c3c2OCCO3)C(=O)O)c(F)c1)C(F)(F)F. The van der Waals surface area contributed by atoms with Gasteiger partial charge in [-0.25, -0.2) is 14.0 Å². The van der Waals surface area contributed by atoms with Crippen LogP contribution in [0.1, 0.15) is 54.4 Å². The summed E-state index contributed by atoms with van der Waals surface area (Å²) in [6.07, 6.45) is -5.22. The van der Waals surface area contributed by atoms with Gasteiger partial charge in [-0.3, -0.25) is 14.2 Å². The van der Waals surface area contributed by atoms with Crippen LogP contribution in [-0.2, 0) is 25.3 Å². The van der Waals surface area contributed by atoms with Crippen LogP contribution in [0, 0.1) is 19.7 Å². The second kappa shape index (κ2) is 14.7. The van der Waals surface area contributed by atoms with Gasteiger partial charge in [0, 0.05) is 43.0 Å². The van der Waals surface area contributed by atoms with E-state index in [1.807, 2.05) is 13.8 Å². The maximum atomic E-state index is 15.1. The molecule has 0 bridgehead atoms. The number of aryl methyl sites for hydroxylation is 1. The number of carbonyl (C=O) groups excluding carboxylic acids is 1. The molecule has 47 heavy (non-hydrogen) atoms. The fraction of sp³-hybridized carbons (Fsp3) is 0.438. The van der Waals surface area contributed by atoms with Gasteiger partial charge in [0.15, 0.2) is 11.5 Å². The molecule has 0 spiro atoms. The van der Waals surface area contributed by atoms with E-state index in [0.29, 0.717) is 16.8 Å². The van der Waals surface area contributed by atoms with Crippen molar-refractivity contribution in [3.05, 3.63) is 73.3 Å². The van der Waals surface area contributed by atoms with Crippen LogP contribution in [0.2, 0.25) is 0 Å². The number of hydrogen-bond donors (Lipinski definition) is 3. The van der Waals surface area contributed by atoms with Gasteiger partial charge in [-0.1, -0.05) is 26.8 Å². The number of hydrogen-bond acceptors (Lipinski definition) is 7. The Morgan fingerprint density at radius 1 is 1.02 bits per heavy atom. The van der Waals surface area contributed by atoms with Crippen molar-refractivity contribution in [3.8, 4) is 22.6 Å². The van der Waals surface area contributed by atoms with Gasteiger partial charge >= 0.3 is 17.8 Å².